The van der Waals surface area contributed by atoms with Gasteiger partial charge < -0.3 is 15.3 Å². The molecule has 1 aliphatic heterocycles. The van der Waals surface area contributed by atoms with E-state index in [1.54, 1.807) is 6.20 Å². The van der Waals surface area contributed by atoms with Crippen LogP contribution in [0, 0.1) is 0 Å². The number of nitrogens with zero attached hydrogens (tertiary/aromatic N) is 2. The highest BCUT2D eigenvalue weighted by molar-refractivity contribution is 5.90. The van der Waals surface area contributed by atoms with E-state index in [1.165, 1.54) is 0 Å². The van der Waals surface area contributed by atoms with Gasteiger partial charge in [-0.05, 0) is 32.4 Å². The minimum Gasteiger partial charge on any atom is -0.387 e. The number of pyridine rings is 1. The average Bonchev–Trinajstić information content (AvgIpc) is 2.41. The van der Waals surface area contributed by atoms with Crippen LogP contribution >= 0.6 is 0 Å². The third-order valence-electron chi connectivity index (χ3n) is 3.66. The Hall–Kier alpha value is -1.62. The minimum absolute atomic E-state index is 0.0245. The number of aliphatic hydroxyl groups excluding tert-OH is 1. The lowest BCUT2D eigenvalue weighted by atomic mass is 9.98. The molecule has 104 valence electrons. The van der Waals surface area contributed by atoms with Crippen LogP contribution in [0.3, 0.4) is 0 Å². The molecule has 1 aromatic heterocycles. The molecule has 0 spiro atoms. The van der Waals surface area contributed by atoms with Crippen LogP contribution in [0.5, 0.6) is 0 Å². The van der Waals surface area contributed by atoms with Crippen molar-refractivity contribution in [1.29, 1.82) is 0 Å². The van der Waals surface area contributed by atoms with Gasteiger partial charge in [0.15, 0.2) is 0 Å². The summed E-state index contributed by atoms with van der Waals surface area (Å²) in [6.45, 7) is 7.11. The summed E-state index contributed by atoms with van der Waals surface area (Å²) < 4.78 is 0. The van der Waals surface area contributed by atoms with Gasteiger partial charge in [-0.3, -0.25) is 9.78 Å². The summed E-state index contributed by atoms with van der Waals surface area (Å²) >= 11 is 0. The number of hydrogen-bond donors (Lipinski definition) is 2. The number of anilines is 1. The van der Waals surface area contributed by atoms with E-state index in [0.717, 1.165) is 12.2 Å². The van der Waals surface area contributed by atoms with Gasteiger partial charge in [-0.15, -0.1) is 0 Å². The van der Waals surface area contributed by atoms with E-state index in [0.29, 0.717) is 18.7 Å². The molecule has 0 unspecified atom stereocenters. The molecule has 0 bridgehead atoms. The molecule has 1 atom stereocenters. The number of amides is 1. The van der Waals surface area contributed by atoms with Gasteiger partial charge in [-0.1, -0.05) is 6.92 Å². The van der Waals surface area contributed by atoms with Crippen LogP contribution in [0.1, 0.15) is 39.0 Å². The number of hydrogen-bond acceptors (Lipinski definition) is 4. The minimum atomic E-state index is -0.579. The maximum Gasteiger partial charge on any atom is 0.245 e. The van der Waals surface area contributed by atoms with Crippen LogP contribution in [-0.4, -0.2) is 34.6 Å². The normalized spacial score (nSPS) is 20.0. The van der Waals surface area contributed by atoms with Crippen molar-refractivity contribution >= 4 is 11.6 Å². The first-order chi connectivity index (χ1) is 8.96. The molecular formula is C14H21N3O2. The lowest BCUT2D eigenvalue weighted by Gasteiger charge is -2.42. The molecule has 1 aliphatic rings. The highest BCUT2D eigenvalue weighted by atomic mass is 16.3. The number of carbonyl (C=O) groups is 1. The van der Waals surface area contributed by atoms with Crippen LogP contribution in [0.2, 0.25) is 0 Å². The quantitative estimate of drug-likeness (QED) is 0.861. The maximum atomic E-state index is 11.9. The Morgan fingerprint density at radius 3 is 2.84 bits per heavy atom. The molecule has 1 aromatic rings. The van der Waals surface area contributed by atoms with E-state index in [9.17, 15) is 9.90 Å². The Morgan fingerprint density at radius 1 is 1.53 bits per heavy atom. The zero-order valence-corrected chi connectivity index (χ0v) is 11.7. The van der Waals surface area contributed by atoms with Gasteiger partial charge in [0, 0.05) is 13.1 Å². The topological polar surface area (TPSA) is 65.5 Å². The molecule has 1 amide bonds. The number of nitrogens with one attached hydrogen (secondary N) is 1. The fourth-order valence-corrected chi connectivity index (χ4v) is 2.31. The molecular weight excluding hydrogens is 242 g/mol. The Labute approximate surface area is 113 Å². The second-order valence-electron chi connectivity index (χ2n) is 5.33. The molecule has 1 fully saturated rings. The smallest absolute Gasteiger partial charge is 0.245 e. The lowest BCUT2D eigenvalue weighted by Crippen LogP contribution is -2.62. The van der Waals surface area contributed by atoms with E-state index in [1.807, 2.05) is 37.8 Å². The van der Waals surface area contributed by atoms with Crippen LogP contribution in [0.25, 0.3) is 0 Å². The predicted molar refractivity (Wildman–Crippen MR) is 73.9 cm³/mol. The molecule has 5 nitrogen and oxygen atoms in total. The average molecular weight is 263 g/mol. The Balaban J connectivity index is 2.24. The summed E-state index contributed by atoms with van der Waals surface area (Å²) in [5.41, 5.74) is 1.00. The van der Waals surface area contributed by atoms with Crippen molar-refractivity contribution in [3.05, 3.63) is 24.0 Å². The molecule has 1 saturated heterocycles. The van der Waals surface area contributed by atoms with Crippen LogP contribution in [0.15, 0.2) is 18.3 Å². The molecule has 2 N–H and O–H groups in total. The molecule has 2 heterocycles. The summed E-state index contributed by atoms with van der Waals surface area (Å²) in [5, 5.41) is 12.6. The van der Waals surface area contributed by atoms with E-state index in [-0.39, 0.29) is 5.91 Å². The zero-order chi connectivity index (χ0) is 14.0. The number of aromatic nitrogens is 1. The monoisotopic (exact) mass is 263 g/mol. The predicted octanol–water partition coefficient (Wildman–Crippen LogP) is 1.24. The zero-order valence-electron chi connectivity index (χ0n) is 11.7. The van der Waals surface area contributed by atoms with Crippen LogP contribution in [-0.2, 0) is 4.79 Å². The summed E-state index contributed by atoms with van der Waals surface area (Å²) in [6, 6.07) is 3.74. The first-order valence-corrected chi connectivity index (χ1v) is 6.66. The Kier molecular flexibility index (Phi) is 3.75. The maximum absolute atomic E-state index is 11.9. The van der Waals surface area contributed by atoms with E-state index < -0.39 is 11.6 Å². The molecule has 0 aliphatic carbocycles. The molecule has 19 heavy (non-hydrogen) atoms. The first kappa shape index (κ1) is 13.8. The molecule has 5 heteroatoms. The molecule has 0 aromatic carbocycles. The van der Waals surface area contributed by atoms with E-state index >= 15 is 0 Å². The summed E-state index contributed by atoms with van der Waals surface area (Å²) in [5.74, 6) is 0.0245. The van der Waals surface area contributed by atoms with Gasteiger partial charge in [0.2, 0.25) is 5.91 Å². The highest BCUT2D eigenvalue weighted by Crippen LogP contribution is 2.26. The van der Waals surface area contributed by atoms with Crippen molar-refractivity contribution in [2.45, 2.75) is 38.8 Å². The summed E-state index contributed by atoms with van der Waals surface area (Å²) in [4.78, 5) is 18.2. The van der Waals surface area contributed by atoms with Gasteiger partial charge in [-0.25, -0.2) is 0 Å². The number of carbonyl (C=O) groups excluding carboxylic acids is 1. The van der Waals surface area contributed by atoms with Gasteiger partial charge in [0.25, 0.3) is 0 Å². The van der Waals surface area contributed by atoms with E-state index in [2.05, 4.69) is 10.3 Å². The standard InChI is InChI=1S/C14H21N3O2/c1-4-12(18)11-6-5-10(9-16-11)17-8-7-15-13(19)14(17,2)3/h5-6,9,12,18H,4,7-8H2,1-3H3,(H,15,19)/t12-/m1/s1. The fourth-order valence-electron chi connectivity index (χ4n) is 2.31. The molecule has 0 radical (unpaired) electrons. The Bertz CT molecular complexity index is 456. The highest BCUT2D eigenvalue weighted by Gasteiger charge is 2.37. The number of piperazine rings is 1. The number of rotatable bonds is 3. The van der Waals surface area contributed by atoms with Crippen molar-refractivity contribution in [1.82, 2.24) is 10.3 Å². The number of aliphatic hydroxyl groups is 1. The van der Waals surface area contributed by atoms with Crippen molar-refractivity contribution < 1.29 is 9.90 Å². The molecule has 0 saturated carbocycles. The van der Waals surface area contributed by atoms with E-state index in [4.69, 9.17) is 0 Å². The van der Waals surface area contributed by atoms with Gasteiger partial charge >= 0.3 is 0 Å². The Morgan fingerprint density at radius 2 is 2.26 bits per heavy atom. The SMILES string of the molecule is CC[C@@H](O)c1ccc(N2CCNC(=O)C2(C)C)cn1. The third-order valence-corrected chi connectivity index (χ3v) is 3.66. The van der Waals surface area contributed by atoms with Crippen molar-refractivity contribution in [2.24, 2.45) is 0 Å². The van der Waals surface area contributed by atoms with Crippen molar-refractivity contribution in [3.8, 4) is 0 Å². The second kappa shape index (κ2) is 5.17. The van der Waals surface area contributed by atoms with Crippen molar-refractivity contribution in [2.75, 3.05) is 18.0 Å². The van der Waals surface area contributed by atoms with Crippen molar-refractivity contribution in [3.63, 3.8) is 0 Å². The molecule has 2 rings (SSSR count). The summed E-state index contributed by atoms with van der Waals surface area (Å²) in [7, 11) is 0. The largest absolute Gasteiger partial charge is 0.387 e. The summed E-state index contributed by atoms with van der Waals surface area (Å²) in [6.07, 6.45) is 1.85. The van der Waals surface area contributed by atoms with Crippen LogP contribution < -0.4 is 10.2 Å². The lowest BCUT2D eigenvalue weighted by molar-refractivity contribution is -0.126. The van der Waals surface area contributed by atoms with Gasteiger partial charge in [0.05, 0.1) is 23.7 Å². The first-order valence-electron chi connectivity index (χ1n) is 6.66. The second-order valence-corrected chi connectivity index (χ2v) is 5.33. The van der Waals surface area contributed by atoms with Crippen LogP contribution in [0.4, 0.5) is 5.69 Å². The van der Waals surface area contributed by atoms with Gasteiger partial charge in [0.1, 0.15) is 5.54 Å². The fraction of sp³-hybridized carbons (Fsp3) is 0.571. The third kappa shape index (κ3) is 2.56. The van der Waals surface area contributed by atoms with Gasteiger partial charge in [-0.2, -0.15) is 0 Å².